The molecular weight excluding hydrogens is 273 g/mol. The Morgan fingerprint density at radius 2 is 2.20 bits per heavy atom. The molecule has 1 unspecified atom stereocenters. The number of furan rings is 1. The Bertz CT molecular complexity index is 690. The van der Waals surface area contributed by atoms with Gasteiger partial charge in [-0.05, 0) is 48.7 Å². The lowest BCUT2D eigenvalue weighted by Gasteiger charge is -2.14. The zero-order valence-corrected chi connectivity index (χ0v) is 12.0. The molecule has 0 amide bonds. The summed E-state index contributed by atoms with van der Waals surface area (Å²) < 4.78 is 19.2. The van der Waals surface area contributed by atoms with E-state index < -0.39 is 0 Å². The Morgan fingerprint density at radius 1 is 1.30 bits per heavy atom. The molecule has 20 heavy (non-hydrogen) atoms. The van der Waals surface area contributed by atoms with Gasteiger partial charge in [-0.2, -0.15) is 0 Å². The molecule has 0 spiro atoms. The van der Waals surface area contributed by atoms with Crippen LogP contribution in [0.2, 0.25) is 0 Å². The van der Waals surface area contributed by atoms with Gasteiger partial charge in [0.25, 0.3) is 0 Å². The lowest BCUT2D eigenvalue weighted by Crippen LogP contribution is -2.21. The summed E-state index contributed by atoms with van der Waals surface area (Å²) in [6.07, 6.45) is 1.05. The van der Waals surface area contributed by atoms with Gasteiger partial charge < -0.3 is 9.73 Å². The van der Waals surface area contributed by atoms with Gasteiger partial charge in [-0.15, -0.1) is 11.3 Å². The largest absolute Gasteiger partial charge is 0.459 e. The van der Waals surface area contributed by atoms with Crippen molar-refractivity contribution in [3.05, 3.63) is 58.2 Å². The Morgan fingerprint density at radius 3 is 2.95 bits per heavy atom. The molecule has 0 aliphatic rings. The van der Waals surface area contributed by atoms with Crippen LogP contribution in [0.15, 0.2) is 46.2 Å². The summed E-state index contributed by atoms with van der Waals surface area (Å²) in [7, 11) is 0. The third-order valence-corrected chi connectivity index (χ3v) is 4.15. The highest BCUT2D eigenvalue weighted by atomic mass is 32.1. The first-order valence-corrected chi connectivity index (χ1v) is 7.61. The van der Waals surface area contributed by atoms with Gasteiger partial charge >= 0.3 is 0 Å². The Labute approximate surface area is 121 Å². The molecule has 1 aromatic carbocycles. The quantitative estimate of drug-likeness (QED) is 0.735. The van der Waals surface area contributed by atoms with E-state index in [4.69, 9.17) is 4.42 Å². The molecule has 104 valence electrons. The molecule has 0 saturated carbocycles. The van der Waals surface area contributed by atoms with E-state index in [9.17, 15) is 4.39 Å². The van der Waals surface area contributed by atoms with Crippen molar-refractivity contribution < 1.29 is 8.81 Å². The van der Waals surface area contributed by atoms with Gasteiger partial charge in [0, 0.05) is 10.3 Å². The number of thiophene rings is 1. The fraction of sp³-hybridized carbons (Fsp3) is 0.250. The minimum Gasteiger partial charge on any atom is -0.459 e. The molecule has 1 N–H and O–H groups in total. The van der Waals surface area contributed by atoms with Gasteiger partial charge in [0.15, 0.2) is 0 Å². The molecule has 0 radical (unpaired) electrons. The number of fused-ring (bicyclic) bond motifs is 1. The predicted molar refractivity (Wildman–Crippen MR) is 80.6 cm³/mol. The fourth-order valence-corrected chi connectivity index (χ4v) is 3.07. The maximum atomic E-state index is 13.3. The maximum absolute atomic E-state index is 13.3. The molecule has 4 heteroatoms. The minimum atomic E-state index is -0.237. The van der Waals surface area contributed by atoms with Crippen LogP contribution in [0, 0.1) is 5.82 Å². The maximum Gasteiger partial charge on any atom is 0.134 e. The SMILES string of the molecule is CCCNC(c1cc2cc(F)ccc2o1)c1cccs1. The van der Waals surface area contributed by atoms with Crippen molar-refractivity contribution in [3.8, 4) is 0 Å². The van der Waals surface area contributed by atoms with Crippen LogP contribution in [0.4, 0.5) is 4.39 Å². The molecule has 1 atom stereocenters. The number of nitrogens with one attached hydrogen (secondary N) is 1. The van der Waals surface area contributed by atoms with Crippen molar-refractivity contribution in [2.75, 3.05) is 6.54 Å². The van der Waals surface area contributed by atoms with E-state index in [0.29, 0.717) is 0 Å². The molecule has 0 aliphatic heterocycles. The number of hydrogen-bond acceptors (Lipinski definition) is 3. The Kier molecular flexibility index (Phi) is 3.85. The van der Waals surface area contributed by atoms with Crippen LogP contribution in [0.3, 0.4) is 0 Å². The smallest absolute Gasteiger partial charge is 0.134 e. The van der Waals surface area contributed by atoms with Crippen molar-refractivity contribution in [3.63, 3.8) is 0 Å². The lowest BCUT2D eigenvalue weighted by molar-refractivity contribution is 0.473. The first kappa shape index (κ1) is 13.3. The second-order valence-corrected chi connectivity index (χ2v) is 5.71. The van der Waals surface area contributed by atoms with E-state index in [2.05, 4.69) is 23.7 Å². The fourth-order valence-electron chi connectivity index (χ4n) is 2.26. The normalized spacial score (nSPS) is 12.9. The summed E-state index contributed by atoms with van der Waals surface area (Å²) in [5, 5.41) is 6.35. The highest BCUT2D eigenvalue weighted by Gasteiger charge is 2.19. The molecule has 0 bridgehead atoms. The third kappa shape index (κ3) is 2.62. The van der Waals surface area contributed by atoms with E-state index in [1.165, 1.54) is 17.0 Å². The second kappa shape index (κ2) is 5.77. The molecule has 0 saturated heterocycles. The third-order valence-electron chi connectivity index (χ3n) is 3.21. The van der Waals surface area contributed by atoms with Crippen molar-refractivity contribution in [1.29, 1.82) is 0 Å². The molecule has 2 heterocycles. The highest BCUT2D eigenvalue weighted by molar-refractivity contribution is 7.10. The summed E-state index contributed by atoms with van der Waals surface area (Å²) in [4.78, 5) is 1.21. The summed E-state index contributed by atoms with van der Waals surface area (Å²) >= 11 is 1.69. The zero-order valence-electron chi connectivity index (χ0n) is 11.2. The number of rotatable bonds is 5. The van der Waals surface area contributed by atoms with Crippen LogP contribution >= 0.6 is 11.3 Å². The summed E-state index contributed by atoms with van der Waals surface area (Å²) in [5.41, 5.74) is 0.723. The van der Waals surface area contributed by atoms with Crippen LogP contribution in [-0.4, -0.2) is 6.54 Å². The topological polar surface area (TPSA) is 25.2 Å². The van der Waals surface area contributed by atoms with Crippen LogP contribution in [0.1, 0.15) is 30.0 Å². The molecule has 2 aromatic heterocycles. The van der Waals surface area contributed by atoms with Gasteiger partial charge in [-0.1, -0.05) is 13.0 Å². The van der Waals surface area contributed by atoms with Crippen LogP contribution < -0.4 is 5.32 Å². The predicted octanol–water partition coefficient (Wildman–Crippen LogP) is 4.72. The van der Waals surface area contributed by atoms with E-state index >= 15 is 0 Å². The van der Waals surface area contributed by atoms with Gasteiger partial charge in [0.2, 0.25) is 0 Å². The average molecular weight is 289 g/mol. The van der Waals surface area contributed by atoms with Gasteiger partial charge in [-0.3, -0.25) is 0 Å². The van der Waals surface area contributed by atoms with Crippen molar-refractivity contribution in [2.45, 2.75) is 19.4 Å². The Hall–Kier alpha value is -1.65. The van der Waals surface area contributed by atoms with Crippen LogP contribution in [-0.2, 0) is 0 Å². The molecule has 3 aromatic rings. The van der Waals surface area contributed by atoms with E-state index in [0.717, 1.165) is 29.7 Å². The van der Waals surface area contributed by atoms with E-state index in [1.807, 2.05) is 12.1 Å². The molecular formula is C16H16FNOS. The molecule has 0 aliphatic carbocycles. The molecule has 0 fully saturated rings. The minimum absolute atomic E-state index is 0.0328. The second-order valence-electron chi connectivity index (χ2n) is 4.73. The number of hydrogen-bond donors (Lipinski definition) is 1. The molecule has 3 rings (SSSR count). The summed E-state index contributed by atoms with van der Waals surface area (Å²) in [5.74, 6) is 0.598. The summed E-state index contributed by atoms with van der Waals surface area (Å²) in [6.45, 7) is 3.04. The van der Waals surface area contributed by atoms with Crippen molar-refractivity contribution >= 4 is 22.3 Å². The van der Waals surface area contributed by atoms with Crippen molar-refractivity contribution in [1.82, 2.24) is 5.32 Å². The first-order valence-electron chi connectivity index (χ1n) is 6.73. The standard InChI is InChI=1S/C16H16FNOS/c1-2-7-18-16(15-4-3-8-20-15)14-10-11-9-12(17)5-6-13(11)19-14/h3-6,8-10,16,18H,2,7H2,1H3. The summed E-state index contributed by atoms with van der Waals surface area (Å²) in [6, 6.07) is 10.7. The first-order chi connectivity index (χ1) is 9.78. The number of benzene rings is 1. The van der Waals surface area contributed by atoms with Gasteiger partial charge in [0.1, 0.15) is 23.2 Å². The Balaban J connectivity index is 1.99. The monoisotopic (exact) mass is 289 g/mol. The van der Waals surface area contributed by atoms with Crippen molar-refractivity contribution in [2.24, 2.45) is 0 Å². The van der Waals surface area contributed by atoms with Gasteiger partial charge in [-0.25, -0.2) is 4.39 Å². The van der Waals surface area contributed by atoms with E-state index in [1.54, 1.807) is 17.4 Å². The zero-order chi connectivity index (χ0) is 13.9. The number of halogens is 1. The van der Waals surface area contributed by atoms with Crippen LogP contribution in [0.5, 0.6) is 0 Å². The van der Waals surface area contributed by atoms with Crippen LogP contribution in [0.25, 0.3) is 11.0 Å². The molecule has 2 nitrogen and oxygen atoms in total. The highest BCUT2D eigenvalue weighted by Crippen LogP contribution is 2.30. The van der Waals surface area contributed by atoms with E-state index in [-0.39, 0.29) is 11.9 Å². The average Bonchev–Trinajstić information content (AvgIpc) is 3.08. The van der Waals surface area contributed by atoms with Gasteiger partial charge in [0.05, 0.1) is 0 Å². The lowest BCUT2D eigenvalue weighted by atomic mass is 10.1.